The first-order valence-corrected chi connectivity index (χ1v) is 5.35. The molecule has 0 heterocycles. The predicted molar refractivity (Wildman–Crippen MR) is 57.1 cm³/mol. The van der Waals surface area contributed by atoms with Gasteiger partial charge < -0.3 is 15.7 Å². The molecule has 0 atom stereocenters. The van der Waals surface area contributed by atoms with Crippen molar-refractivity contribution >= 4 is 5.91 Å². The Bertz CT molecular complexity index is 147. The summed E-state index contributed by atoms with van der Waals surface area (Å²) < 4.78 is 0. The van der Waals surface area contributed by atoms with E-state index in [-0.39, 0.29) is 12.5 Å². The van der Waals surface area contributed by atoms with Gasteiger partial charge in [0.05, 0.1) is 6.54 Å². The normalized spacial score (nSPS) is 10.6. The van der Waals surface area contributed by atoms with Gasteiger partial charge in [0.2, 0.25) is 5.91 Å². The maximum absolute atomic E-state index is 11.3. The third kappa shape index (κ3) is 6.86. The Labute approximate surface area is 86.1 Å². The molecule has 0 radical (unpaired) electrons. The molecule has 84 valence electrons. The number of hydrogen-bond acceptors (Lipinski definition) is 3. The van der Waals surface area contributed by atoms with E-state index < -0.39 is 0 Å². The van der Waals surface area contributed by atoms with Crippen molar-refractivity contribution in [1.29, 1.82) is 0 Å². The van der Waals surface area contributed by atoms with Crippen LogP contribution in [0.3, 0.4) is 0 Å². The van der Waals surface area contributed by atoms with Crippen molar-refractivity contribution in [3.8, 4) is 0 Å². The molecule has 0 bridgehead atoms. The maximum Gasteiger partial charge on any atom is 0.234 e. The number of aliphatic hydroxyl groups excluding tert-OH is 1. The van der Waals surface area contributed by atoms with Crippen LogP contribution in [0.1, 0.15) is 33.1 Å². The largest absolute Gasteiger partial charge is 0.396 e. The number of aliphatic hydroxyl groups is 1. The summed E-state index contributed by atoms with van der Waals surface area (Å²) in [5, 5.41) is 14.4. The molecule has 4 heteroatoms. The highest BCUT2D eigenvalue weighted by Crippen LogP contribution is 1.94. The second kappa shape index (κ2) is 8.97. The molecule has 0 aromatic carbocycles. The van der Waals surface area contributed by atoms with Gasteiger partial charge in [-0.1, -0.05) is 13.8 Å². The number of amides is 1. The Kier molecular flexibility index (Phi) is 8.57. The van der Waals surface area contributed by atoms with Crippen molar-refractivity contribution in [1.82, 2.24) is 10.6 Å². The highest BCUT2D eigenvalue weighted by molar-refractivity contribution is 5.78. The van der Waals surface area contributed by atoms with Crippen LogP contribution < -0.4 is 10.6 Å². The molecule has 0 aromatic heterocycles. The first-order chi connectivity index (χ1) is 6.74. The number of hydrogen-bond donors (Lipinski definition) is 3. The molecule has 0 aliphatic rings. The minimum Gasteiger partial charge on any atom is -0.396 e. The zero-order chi connectivity index (χ0) is 10.8. The molecule has 0 saturated heterocycles. The second-order valence-electron chi connectivity index (χ2n) is 3.33. The molecule has 0 fully saturated rings. The number of nitrogens with one attached hydrogen (secondary N) is 2. The second-order valence-corrected chi connectivity index (χ2v) is 3.33. The maximum atomic E-state index is 11.3. The molecule has 0 aliphatic heterocycles. The lowest BCUT2D eigenvalue weighted by Gasteiger charge is -2.14. The zero-order valence-electron chi connectivity index (χ0n) is 9.18. The number of carbonyl (C=O) groups is 1. The summed E-state index contributed by atoms with van der Waals surface area (Å²) in [6, 6.07) is 0.294. The Balaban J connectivity index is 3.44. The minimum atomic E-state index is 0.0386. The average molecular weight is 202 g/mol. The van der Waals surface area contributed by atoms with E-state index in [1.54, 1.807) is 0 Å². The van der Waals surface area contributed by atoms with E-state index in [9.17, 15) is 4.79 Å². The van der Waals surface area contributed by atoms with Crippen molar-refractivity contribution < 1.29 is 9.90 Å². The molecule has 0 aliphatic carbocycles. The lowest BCUT2D eigenvalue weighted by Crippen LogP contribution is -2.40. The lowest BCUT2D eigenvalue weighted by molar-refractivity contribution is -0.121. The van der Waals surface area contributed by atoms with Gasteiger partial charge in [-0.05, 0) is 25.8 Å². The van der Waals surface area contributed by atoms with Crippen LogP contribution in [-0.2, 0) is 4.79 Å². The van der Waals surface area contributed by atoms with Crippen molar-refractivity contribution in [3.05, 3.63) is 0 Å². The standard InChI is InChI=1S/C10H22N2O2/c1-3-9(4-2)12-10(14)8-11-6-5-7-13/h9,11,13H,3-8H2,1-2H3,(H,12,14). The quantitative estimate of drug-likeness (QED) is 0.495. The lowest BCUT2D eigenvalue weighted by atomic mass is 10.2. The fourth-order valence-corrected chi connectivity index (χ4v) is 1.18. The summed E-state index contributed by atoms with van der Waals surface area (Å²) in [6.07, 6.45) is 2.63. The molecule has 0 saturated carbocycles. The van der Waals surface area contributed by atoms with Crippen molar-refractivity contribution in [2.45, 2.75) is 39.2 Å². The Morgan fingerprint density at radius 1 is 1.36 bits per heavy atom. The minimum absolute atomic E-state index is 0.0386. The zero-order valence-corrected chi connectivity index (χ0v) is 9.18. The summed E-state index contributed by atoms with van der Waals surface area (Å²) >= 11 is 0. The van der Waals surface area contributed by atoms with Crippen LogP contribution in [0.4, 0.5) is 0 Å². The van der Waals surface area contributed by atoms with Crippen LogP contribution in [0, 0.1) is 0 Å². The number of rotatable bonds is 8. The molecule has 4 nitrogen and oxygen atoms in total. The van der Waals surface area contributed by atoms with Gasteiger partial charge in [0, 0.05) is 12.6 Å². The summed E-state index contributed by atoms with van der Waals surface area (Å²) in [6.45, 7) is 5.33. The molecule has 3 N–H and O–H groups in total. The van der Waals surface area contributed by atoms with Gasteiger partial charge in [-0.25, -0.2) is 0 Å². The van der Waals surface area contributed by atoms with Gasteiger partial charge in [0.15, 0.2) is 0 Å². The Hall–Kier alpha value is -0.610. The fourth-order valence-electron chi connectivity index (χ4n) is 1.18. The van der Waals surface area contributed by atoms with Crippen molar-refractivity contribution in [2.75, 3.05) is 19.7 Å². The third-order valence-corrected chi connectivity index (χ3v) is 2.15. The van der Waals surface area contributed by atoms with Gasteiger partial charge >= 0.3 is 0 Å². The molecule has 0 aromatic rings. The summed E-state index contributed by atoms with van der Waals surface area (Å²) in [5.74, 6) is 0.0386. The Morgan fingerprint density at radius 2 is 2.00 bits per heavy atom. The molecule has 0 unspecified atom stereocenters. The third-order valence-electron chi connectivity index (χ3n) is 2.15. The summed E-state index contributed by atoms with van der Waals surface area (Å²) in [5.41, 5.74) is 0. The van der Waals surface area contributed by atoms with E-state index in [0.29, 0.717) is 25.6 Å². The Morgan fingerprint density at radius 3 is 2.50 bits per heavy atom. The predicted octanol–water partition coefficient (Wildman–Crippen LogP) is 0.263. The van der Waals surface area contributed by atoms with E-state index in [1.165, 1.54) is 0 Å². The van der Waals surface area contributed by atoms with E-state index in [2.05, 4.69) is 24.5 Å². The van der Waals surface area contributed by atoms with Gasteiger partial charge in [-0.3, -0.25) is 4.79 Å². The van der Waals surface area contributed by atoms with E-state index in [0.717, 1.165) is 12.8 Å². The highest BCUT2D eigenvalue weighted by Gasteiger charge is 2.06. The number of carbonyl (C=O) groups excluding carboxylic acids is 1. The fraction of sp³-hybridized carbons (Fsp3) is 0.900. The molecule has 0 spiro atoms. The van der Waals surface area contributed by atoms with E-state index in [1.807, 2.05) is 0 Å². The van der Waals surface area contributed by atoms with Crippen molar-refractivity contribution in [3.63, 3.8) is 0 Å². The van der Waals surface area contributed by atoms with Crippen LogP contribution in [0.5, 0.6) is 0 Å². The van der Waals surface area contributed by atoms with E-state index >= 15 is 0 Å². The molecule has 14 heavy (non-hydrogen) atoms. The molecule has 0 rings (SSSR count). The molecule has 1 amide bonds. The van der Waals surface area contributed by atoms with Crippen LogP contribution in [0.2, 0.25) is 0 Å². The highest BCUT2D eigenvalue weighted by atomic mass is 16.3. The van der Waals surface area contributed by atoms with Gasteiger partial charge in [-0.15, -0.1) is 0 Å². The van der Waals surface area contributed by atoms with Gasteiger partial charge in [-0.2, -0.15) is 0 Å². The first kappa shape index (κ1) is 13.4. The molecular weight excluding hydrogens is 180 g/mol. The van der Waals surface area contributed by atoms with Crippen LogP contribution in [0.15, 0.2) is 0 Å². The van der Waals surface area contributed by atoms with E-state index in [4.69, 9.17) is 5.11 Å². The SMILES string of the molecule is CCC(CC)NC(=O)CNCCCO. The van der Waals surface area contributed by atoms with Gasteiger partial charge in [0.25, 0.3) is 0 Å². The van der Waals surface area contributed by atoms with Crippen LogP contribution >= 0.6 is 0 Å². The average Bonchev–Trinajstić information content (AvgIpc) is 2.21. The van der Waals surface area contributed by atoms with Crippen LogP contribution in [0.25, 0.3) is 0 Å². The van der Waals surface area contributed by atoms with Gasteiger partial charge in [0.1, 0.15) is 0 Å². The topological polar surface area (TPSA) is 61.4 Å². The summed E-state index contributed by atoms with van der Waals surface area (Å²) in [7, 11) is 0. The monoisotopic (exact) mass is 202 g/mol. The van der Waals surface area contributed by atoms with Crippen LogP contribution in [-0.4, -0.2) is 36.8 Å². The molecular formula is C10H22N2O2. The first-order valence-electron chi connectivity index (χ1n) is 5.35. The summed E-state index contributed by atoms with van der Waals surface area (Å²) in [4.78, 5) is 11.3. The smallest absolute Gasteiger partial charge is 0.234 e. The van der Waals surface area contributed by atoms with Crippen molar-refractivity contribution in [2.24, 2.45) is 0 Å².